The summed E-state index contributed by atoms with van der Waals surface area (Å²) in [6.45, 7) is 0.916. The molecule has 0 radical (unpaired) electrons. The third-order valence-corrected chi connectivity index (χ3v) is 4.65. The van der Waals surface area contributed by atoms with Gasteiger partial charge in [0.15, 0.2) is 6.61 Å². The van der Waals surface area contributed by atoms with Crippen LogP contribution in [0, 0.1) is 0 Å². The van der Waals surface area contributed by atoms with Gasteiger partial charge in [0.05, 0.1) is 14.2 Å². The number of hydrogen-bond acceptors (Lipinski definition) is 5. The van der Waals surface area contributed by atoms with Crippen LogP contribution in [0.1, 0.15) is 11.1 Å². The zero-order chi connectivity index (χ0) is 21.9. The predicted octanol–water partition coefficient (Wildman–Crippen LogP) is 4.02. The molecule has 0 bridgehead atoms. The Balaban J connectivity index is 1.39. The van der Waals surface area contributed by atoms with Crippen LogP contribution in [0.5, 0.6) is 23.0 Å². The number of hydrogen-bond donors (Lipinski definition) is 1. The molecule has 0 atom stereocenters. The summed E-state index contributed by atoms with van der Waals surface area (Å²) in [4.78, 5) is 12.1. The van der Waals surface area contributed by atoms with E-state index >= 15 is 0 Å². The molecule has 0 heterocycles. The molecule has 0 aromatic heterocycles. The van der Waals surface area contributed by atoms with Crippen molar-refractivity contribution < 1.29 is 23.7 Å². The number of rotatable bonds is 11. The predicted molar refractivity (Wildman–Crippen MR) is 119 cm³/mol. The molecule has 0 saturated heterocycles. The molecule has 31 heavy (non-hydrogen) atoms. The van der Waals surface area contributed by atoms with Gasteiger partial charge in [-0.3, -0.25) is 4.79 Å². The smallest absolute Gasteiger partial charge is 0.257 e. The van der Waals surface area contributed by atoms with Crippen LogP contribution < -0.4 is 24.3 Å². The third kappa shape index (κ3) is 6.96. The lowest BCUT2D eigenvalue weighted by Gasteiger charge is -2.12. The molecule has 0 saturated carbocycles. The first kappa shape index (κ1) is 22.0. The lowest BCUT2D eigenvalue weighted by Crippen LogP contribution is -2.30. The van der Waals surface area contributed by atoms with Crippen molar-refractivity contribution in [3.8, 4) is 23.0 Å². The van der Waals surface area contributed by atoms with Gasteiger partial charge in [0.25, 0.3) is 5.91 Å². The van der Waals surface area contributed by atoms with E-state index < -0.39 is 0 Å². The maximum Gasteiger partial charge on any atom is 0.257 e. The molecule has 1 N–H and O–H groups in total. The van der Waals surface area contributed by atoms with Crippen LogP contribution in [-0.4, -0.2) is 33.3 Å². The van der Waals surface area contributed by atoms with E-state index in [2.05, 4.69) is 5.32 Å². The third-order valence-electron chi connectivity index (χ3n) is 4.65. The zero-order valence-corrected chi connectivity index (χ0v) is 17.8. The molecule has 0 unspecified atom stereocenters. The van der Waals surface area contributed by atoms with Gasteiger partial charge >= 0.3 is 0 Å². The van der Waals surface area contributed by atoms with Gasteiger partial charge < -0.3 is 24.3 Å². The van der Waals surface area contributed by atoms with E-state index in [1.165, 1.54) is 0 Å². The summed E-state index contributed by atoms with van der Waals surface area (Å²) in [6, 6.07) is 22.8. The quantitative estimate of drug-likeness (QED) is 0.507. The van der Waals surface area contributed by atoms with Crippen molar-refractivity contribution in [3.05, 3.63) is 83.9 Å². The summed E-state index contributed by atoms with van der Waals surface area (Å²) >= 11 is 0. The second kappa shape index (κ2) is 11.5. The molecule has 0 aliphatic heterocycles. The molecule has 0 aliphatic carbocycles. The monoisotopic (exact) mass is 421 g/mol. The van der Waals surface area contributed by atoms with Crippen LogP contribution in [-0.2, 0) is 17.8 Å². The van der Waals surface area contributed by atoms with Gasteiger partial charge in [-0.15, -0.1) is 0 Å². The van der Waals surface area contributed by atoms with E-state index in [9.17, 15) is 4.79 Å². The van der Waals surface area contributed by atoms with E-state index in [4.69, 9.17) is 18.9 Å². The lowest BCUT2D eigenvalue weighted by molar-refractivity contribution is -0.123. The first-order valence-electron chi connectivity index (χ1n) is 10.0. The molecule has 6 heteroatoms. The highest BCUT2D eigenvalue weighted by molar-refractivity contribution is 5.77. The first-order chi connectivity index (χ1) is 15.2. The second-order valence-corrected chi connectivity index (χ2v) is 6.81. The Hall–Kier alpha value is -3.67. The van der Waals surface area contributed by atoms with Crippen LogP contribution >= 0.6 is 0 Å². The number of methoxy groups -OCH3 is 2. The first-order valence-corrected chi connectivity index (χ1v) is 10.0. The Morgan fingerprint density at radius 1 is 0.806 bits per heavy atom. The highest BCUT2D eigenvalue weighted by Crippen LogP contribution is 2.24. The van der Waals surface area contributed by atoms with Crippen molar-refractivity contribution in [3.63, 3.8) is 0 Å². The lowest BCUT2D eigenvalue weighted by atomic mass is 10.1. The Labute approximate surface area is 182 Å². The van der Waals surface area contributed by atoms with E-state index in [0.717, 1.165) is 28.4 Å². The van der Waals surface area contributed by atoms with E-state index in [0.29, 0.717) is 25.3 Å². The minimum Gasteiger partial charge on any atom is -0.497 e. The minimum absolute atomic E-state index is 0.0561. The number of benzene rings is 3. The fourth-order valence-electron chi connectivity index (χ4n) is 2.99. The summed E-state index contributed by atoms with van der Waals surface area (Å²) in [7, 11) is 3.24. The summed E-state index contributed by atoms with van der Waals surface area (Å²) in [5, 5.41) is 2.86. The molecule has 0 spiro atoms. The molecule has 3 aromatic carbocycles. The summed E-state index contributed by atoms with van der Waals surface area (Å²) in [6.07, 6.45) is 0.625. The molecule has 0 fully saturated rings. The molecule has 0 aliphatic rings. The molecule has 162 valence electrons. The maximum atomic E-state index is 12.1. The average Bonchev–Trinajstić information content (AvgIpc) is 2.82. The normalized spacial score (nSPS) is 10.3. The minimum atomic E-state index is -0.189. The average molecular weight is 421 g/mol. The van der Waals surface area contributed by atoms with Gasteiger partial charge in [-0.1, -0.05) is 30.3 Å². The molecule has 1 amide bonds. The number of nitrogens with one attached hydrogen (secondary N) is 1. The number of carbonyl (C=O) groups excluding carboxylic acids is 1. The fraction of sp³-hybridized carbons (Fsp3) is 0.240. The van der Waals surface area contributed by atoms with Gasteiger partial charge in [0.1, 0.15) is 29.6 Å². The van der Waals surface area contributed by atoms with Gasteiger partial charge in [-0.25, -0.2) is 0 Å². The Morgan fingerprint density at radius 2 is 1.48 bits per heavy atom. The van der Waals surface area contributed by atoms with Crippen LogP contribution in [0.4, 0.5) is 0 Å². The summed E-state index contributed by atoms with van der Waals surface area (Å²) < 4.78 is 21.9. The van der Waals surface area contributed by atoms with Gasteiger partial charge in [-0.05, 0) is 60.0 Å². The van der Waals surface area contributed by atoms with E-state index in [1.807, 2.05) is 60.7 Å². The van der Waals surface area contributed by atoms with Crippen molar-refractivity contribution in [2.24, 2.45) is 0 Å². The van der Waals surface area contributed by atoms with Gasteiger partial charge in [0.2, 0.25) is 0 Å². The van der Waals surface area contributed by atoms with Crippen molar-refractivity contribution in [1.82, 2.24) is 5.32 Å². The fourth-order valence-corrected chi connectivity index (χ4v) is 2.99. The SMILES string of the molecule is COc1ccc(OC)c(CCNC(=O)COc2ccc(OCc3ccccc3)cc2)c1. The number of amides is 1. The second-order valence-electron chi connectivity index (χ2n) is 6.81. The molecule has 3 rings (SSSR count). The van der Waals surface area contributed by atoms with Crippen molar-refractivity contribution in [2.75, 3.05) is 27.4 Å². The van der Waals surface area contributed by atoms with E-state index in [-0.39, 0.29) is 12.5 Å². The highest BCUT2D eigenvalue weighted by Gasteiger charge is 2.07. The van der Waals surface area contributed by atoms with Gasteiger partial charge in [-0.2, -0.15) is 0 Å². The van der Waals surface area contributed by atoms with Crippen molar-refractivity contribution in [2.45, 2.75) is 13.0 Å². The Kier molecular flexibility index (Phi) is 8.17. The van der Waals surface area contributed by atoms with E-state index in [1.54, 1.807) is 26.4 Å². The van der Waals surface area contributed by atoms with Crippen LogP contribution in [0.2, 0.25) is 0 Å². The number of carbonyl (C=O) groups is 1. The maximum absolute atomic E-state index is 12.1. The Morgan fingerprint density at radius 3 is 2.16 bits per heavy atom. The summed E-state index contributed by atoms with van der Waals surface area (Å²) in [5.41, 5.74) is 2.07. The Bertz CT molecular complexity index is 957. The van der Waals surface area contributed by atoms with Crippen LogP contribution in [0.25, 0.3) is 0 Å². The van der Waals surface area contributed by atoms with Gasteiger partial charge in [0, 0.05) is 6.54 Å². The standard InChI is InChI=1S/C25H27NO5/c1-28-23-12-13-24(29-2)20(16-23)14-15-26-25(27)18-31-22-10-8-21(9-11-22)30-17-19-6-4-3-5-7-19/h3-13,16H,14-15,17-18H2,1-2H3,(H,26,27). The van der Waals surface area contributed by atoms with Crippen molar-refractivity contribution >= 4 is 5.91 Å². The van der Waals surface area contributed by atoms with Crippen molar-refractivity contribution in [1.29, 1.82) is 0 Å². The molecular formula is C25H27NO5. The largest absolute Gasteiger partial charge is 0.497 e. The zero-order valence-electron chi connectivity index (χ0n) is 17.8. The number of ether oxygens (including phenoxy) is 4. The molecule has 3 aromatic rings. The van der Waals surface area contributed by atoms with Crippen LogP contribution in [0.15, 0.2) is 72.8 Å². The molecular weight excluding hydrogens is 394 g/mol. The molecule has 6 nitrogen and oxygen atoms in total. The summed E-state index contributed by atoms with van der Waals surface area (Å²) in [5.74, 6) is 2.68. The highest BCUT2D eigenvalue weighted by atomic mass is 16.5. The topological polar surface area (TPSA) is 66.0 Å². The van der Waals surface area contributed by atoms with Crippen LogP contribution in [0.3, 0.4) is 0 Å².